The van der Waals surface area contributed by atoms with Gasteiger partial charge in [-0.3, -0.25) is 4.79 Å². The molecule has 0 saturated heterocycles. The van der Waals surface area contributed by atoms with Gasteiger partial charge in [-0.25, -0.2) is 0 Å². The molecule has 1 radical (unpaired) electrons. The molecule has 11 heavy (non-hydrogen) atoms. The van der Waals surface area contributed by atoms with Gasteiger partial charge in [0.15, 0.2) is 0 Å². The third-order valence-corrected chi connectivity index (χ3v) is 2.30. The monoisotopic (exact) mass is 155 g/mol. The first-order valence-electron chi connectivity index (χ1n) is 4.60. The van der Waals surface area contributed by atoms with Crippen LogP contribution in [0.4, 0.5) is 0 Å². The third kappa shape index (κ3) is 5.00. The average molecular weight is 155 g/mol. The predicted molar refractivity (Wildman–Crippen MR) is 48.2 cm³/mol. The molecule has 0 rings (SSSR count). The topological polar surface area (TPSA) is 17.1 Å². The normalized spacial score (nSPS) is 15.9. The summed E-state index contributed by atoms with van der Waals surface area (Å²) in [5, 5.41) is 0. The lowest BCUT2D eigenvalue weighted by molar-refractivity contribution is 0.406. The van der Waals surface area contributed by atoms with Crippen LogP contribution >= 0.6 is 0 Å². The maximum absolute atomic E-state index is 10.3. The van der Waals surface area contributed by atoms with Crippen LogP contribution in [0.25, 0.3) is 0 Å². The molecule has 0 aliphatic heterocycles. The van der Waals surface area contributed by atoms with Crippen molar-refractivity contribution in [3.8, 4) is 0 Å². The zero-order valence-corrected chi connectivity index (χ0v) is 7.89. The van der Waals surface area contributed by atoms with Crippen molar-refractivity contribution < 1.29 is 4.79 Å². The standard InChI is InChI=1S/C10H19O/c1-4-5-6-7-9(2)10(3)8-11/h9-10H,4-7H2,1-3H3. The Hall–Kier alpha value is -0.330. The minimum atomic E-state index is 0.117. The summed E-state index contributed by atoms with van der Waals surface area (Å²) in [7, 11) is 0. The van der Waals surface area contributed by atoms with Crippen molar-refractivity contribution in [2.24, 2.45) is 11.8 Å². The molecule has 0 aromatic heterocycles. The van der Waals surface area contributed by atoms with Gasteiger partial charge in [0.1, 0.15) is 0 Å². The van der Waals surface area contributed by atoms with Gasteiger partial charge in [-0.15, -0.1) is 0 Å². The molecule has 2 atom stereocenters. The van der Waals surface area contributed by atoms with Crippen LogP contribution in [-0.2, 0) is 4.79 Å². The molecule has 0 spiro atoms. The second-order valence-corrected chi connectivity index (χ2v) is 3.38. The second-order valence-electron chi connectivity index (χ2n) is 3.38. The Bertz CT molecular complexity index is 99.0. The van der Waals surface area contributed by atoms with Crippen LogP contribution < -0.4 is 0 Å². The highest BCUT2D eigenvalue weighted by molar-refractivity contribution is 5.54. The van der Waals surface area contributed by atoms with E-state index in [1.54, 1.807) is 0 Å². The first-order valence-corrected chi connectivity index (χ1v) is 4.60. The Morgan fingerprint density at radius 1 is 1.27 bits per heavy atom. The minimum absolute atomic E-state index is 0.117. The summed E-state index contributed by atoms with van der Waals surface area (Å²) in [5.41, 5.74) is 0. The zero-order valence-electron chi connectivity index (χ0n) is 7.89. The van der Waals surface area contributed by atoms with Crippen molar-refractivity contribution in [3.05, 3.63) is 0 Å². The number of carbonyl (C=O) groups excluding carboxylic acids is 1. The maximum atomic E-state index is 10.3. The quantitative estimate of drug-likeness (QED) is 0.539. The molecular formula is C10H19O. The number of hydrogen-bond acceptors (Lipinski definition) is 1. The number of rotatable bonds is 6. The van der Waals surface area contributed by atoms with Crippen LogP contribution in [0.1, 0.15) is 46.5 Å². The minimum Gasteiger partial charge on any atom is -0.291 e. The van der Waals surface area contributed by atoms with E-state index in [1.165, 1.54) is 25.7 Å². The molecule has 1 nitrogen and oxygen atoms in total. The maximum Gasteiger partial charge on any atom is 0.201 e. The average Bonchev–Trinajstić information content (AvgIpc) is 2.03. The van der Waals surface area contributed by atoms with E-state index in [4.69, 9.17) is 0 Å². The van der Waals surface area contributed by atoms with E-state index in [0.29, 0.717) is 5.92 Å². The Morgan fingerprint density at radius 3 is 2.36 bits per heavy atom. The smallest absolute Gasteiger partial charge is 0.201 e. The molecule has 0 aliphatic carbocycles. The second kappa shape index (κ2) is 6.38. The van der Waals surface area contributed by atoms with Crippen LogP contribution in [-0.4, -0.2) is 6.29 Å². The molecular weight excluding hydrogens is 136 g/mol. The van der Waals surface area contributed by atoms with Gasteiger partial charge in [0.25, 0.3) is 0 Å². The van der Waals surface area contributed by atoms with Crippen molar-refractivity contribution in [1.29, 1.82) is 0 Å². The summed E-state index contributed by atoms with van der Waals surface area (Å²) in [6.45, 7) is 6.27. The van der Waals surface area contributed by atoms with Crippen LogP contribution in [0.2, 0.25) is 0 Å². The lowest BCUT2D eigenvalue weighted by Gasteiger charge is -2.12. The molecule has 0 fully saturated rings. The fourth-order valence-corrected chi connectivity index (χ4v) is 1.08. The molecule has 0 aromatic rings. The van der Waals surface area contributed by atoms with E-state index < -0.39 is 0 Å². The summed E-state index contributed by atoms with van der Waals surface area (Å²) >= 11 is 0. The summed E-state index contributed by atoms with van der Waals surface area (Å²) in [6.07, 6.45) is 7.01. The molecule has 0 aromatic carbocycles. The molecule has 0 heterocycles. The van der Waals surface area contributed by atoms with Gasteiger partial charge in [-0.1, -0.05) is 46.5 Å². The van der Waals surface area contributed by atoms with E-state index in [9.17, 15) is 4.79 Å². The van der Waals surface area contributed by atoms with E-state index in [0.717, 1.165) is 0 Å². The summed E-state index contributed by atoms with van der Waals surface area (Å²) in [5.74, 6) is 0.630. The molecule has 0 N–H and O–H groups in total. The van der Waals surface area contributed by atoms with E-state index >= 15 is 0 Å². The van der Waals surface area contributed by atoms with E-state index in [2.05, 4.69) is 13.8 Å². The highest BCUT2D eigenvalue weighted by Crippen LogP contribution is 2.16. The van der Waals surface area contributed by atoms with Gasteiger partial charge in [0.05, 0.1) is 0 Å². The Morgan fingerprint density at radius 2 is 1.91 bits per heavy atom. The molecule has 0 amide bonds. The molecule has 1 heteroatoms. The fourth-order valence-electron chi connectivity index (χ4n) is 1.08. The molecule has 2 unspecified atom stereocenters. The van der Waals surface area contributed by atoms with E-state index in [1.807, 2.05) is 13.2 Å². The Kier molecular flexibility index (Phi) is 6.19. The summed E-state index contributed by atoms with van der Waals surface area (Å²) in [6, 6.07) is 0. The Balaban J connectivity index is 3.35. The number of hydrogen-bond donors (Lipinski definition) is 0. The molecule has 0 aliphatic rings. The first-order chi connectivity index (χ1) is 5.22. The highest BCUT2D eigenvalue weighted by Gasteiger charge is 2.10. The van der Waals surface area contributed by atoms with Gasteiger partial charge < -0.3 is 0 Å². The number of unbranched alkanes of at least 4 members (excludes halogenated alkanes) is 2. The van der Waals surface area contributed by atoms with Crippen LogP contribution in [0.5, 0.6) is 0 Å². The molecule has 0 saturated carbocycles. The SMILES string of the molecule is CCCCCC(C)C(C)[C]=O. The summed E-state index contributed by atoms with van der Waals surface area (Å²) < 4.78 is 0. The third-order valence-electron chi connectivity index (χ3n) is 2.30. The van der Waals surface area contributed by atoms with Crippen LogP contribution in [0, 0.1) is 11.8 Å². The van der Waals surface area contributed by atoms with Crippen molar-refractivity contribution >= 4 is 6.29 Å². The molecule has 0 bridgehead atoms. The van der Waals surface area contributed by atoms with Crippen molar-refractivity contribution in [1.82, 2.24) is 0 Å². The first kappa shape index (κ1) is 10.7. The predicted octanol–water partition coefficient (Wildman–Crippen LogP) is 2.95. The van der Waals surface area contributed by atoms with Gasteiger partial charge in [0.2, 0.25) is 6.29 Å². The van der Waals surface area contributed by atoms with Crippen molar-refractivity contribution in [2.75, 3.05) is 0 Å². The van der Waals surface area contributed by atoms with Crippen LogP contribution in [0.3, 0.4) is 0 Å². The molecule has 65 valence electrons. The lowest BCUT2D eigenvalue weighted by Crippen LogP contribution is -2.08. The zero-order chi connectivity index (χ0) is 8.69. The highest BCUT2D eigenvalue weighted by atomic mass is 16.1. The van der Waals surface area contributed by atoms with Gasteiger partial charge in [0, 0.05) is 5.92 Å². The van der Waals surface area contributed by atoms with Crippen molar-refractivity contribution in [3.63, 3.8) is 0 Å². The lowest BCUT2D eigenvalue weighted by atomic mass is 9.92. The fraction of sp³-hybridized carbons (Fsp3) is 0.900. The van der Waals surface area contributed by atoms with E-state index in [-0.39, 0.29) is 5.92 Å². The largest absolute Gasteiger partial charge is 0.291 e. The van der Waals surface area contributed by atoms with Gasteiger partial charge >= 0.3 is 0 Å². The summed E-state index contributed by atoms with van der Waals surface area (Å²) in [4.78, 5) is 10.3. The van der Waals surface area contributed by atoms with Crippen LogP contribution in [0.15, 0.2) is 0 Å². The van der Waals surface area contributed by atoms with Gasteiger partial charge in [-0.2, -0.15) is 0 Å². The van der Waals surface area contributed by atoms with Gasteiger partial charge in [-0.05, 0) is 5.92 Å². The Labute approximate surface area is 70.2 Å². The van der Waals surface area contributed by atoms with Crippen molar-refractivity contribution in [2.45, 2.75) is 46.5 Å².